The third-order valence-electron chi connectivity index (χ3n) is 5.19. The Kier molecular flexibility index (Phi) is 3.88. The van der Waals surface area contributed by atoms with Gasteiger partial charge < -0.3 is 10.2 Å². The van der Waals surface area contributed by atoms with Crippen LogP contribution in [0.4, 0.5) is 0 Å². The van der Waals surface area contributed by atoms with Crippen LogP contribution in [0.3, 0.4) is 0 Å². The van der Waals surface area contributed by atoms with Gasteiger partial charge in [-0.2, -0.15) is 0 Å². The van der Waals surface area contributed by atoms with E-state index in [1.54, 1.807) is 0 Å². The lowest BCUT2D eigenvalue weighted by Gasteiger charge is -2.27. The van der Waals surface area contributed by atoms with E-state index in [-0.39, 0.29) is 0 Å². The lowest BCUT2D eigenvalue weighted by Crippen LogP contribution is -2.39. The van der Waals surface area contributed by atoms with Gasteiger partial charge >= 0.3 is 0 Å². The monoisotopic (exact) mass is 250 g/mol. The predicted octanol–water partition coefficient (Wildman–Crippen LogP) is 2.17. The highest BCUT2D eigenvalue weighted by Crippen LogP contribution is 2.44. The average Bonchev–Trinajstić information content (AvgIpc) is 3.02. The molecular formula is C15H26N2O. The fraction of sp³-hybridized carbons (Fsp3) is 0.933. The first-order chi connectivity index (χ1) is 8.83. The van der Waals surface area contributed by atoms with Gasteiger partial charge in [0.2, 0.25) is 5.91 Å². The van der Waals surface area contributed by atoms with Crippen LogP contribution in [0.25, 0.3) is 0 Å². The second-order valence-corrected chi connectivity index (χ2v) is 6.43. The maximum absolute atomic E-state index is 12.0. The molecule has 3 fully saturated rings. The van der Waals surface area contributed by atoms with Crippen molar-refractivity contribution in [3.05, 3.63) is 0 Å². The van der Waals surface area contributed by atoms with Crippen molar-refractivity contribution >= 4 is 5.91 Å². The topological polar surface area (TPSA) is 32.3 Å². The lowest BCUT2D eigenvalue weighted by molar-refractivity contribution is -0.132. The molecule has 2 saturated carbocycles. The molecule has 3 rings (SSSR count). The molecule has 1 N–H and O–H groups in total. The molecule has 0 radical (unpaired) electrons. The minimum atomic E-state index is 0.366. The van der Waals surface area contributed by atoms with Crippen molar-refractivity contribution in [1.82, 2.24) is 10.2 Å². The number of fused-ring (bicyclic) bond motifs is 2. The Bertz CT molecular complexity index is 299. The number of carbonyl (C=O) groups is 1. The number of rotatable bonds is 4. The van der Waals surface area contributed by atoms with Crippen LogP contribution in [-0.4, -0.2) is 36.5 Å². The van der Waals surface area contributed by atoms with Gasteiger partial charge in [0, 0.05) is 32.1 Å². The largest absolute Gasteiger partial charge is 0.343 e. The van der Waals surface area contributed by atoms with E-state index in [0.717, 1.165) is 37.5 Å². The number of hydrogen-bond acceptors (Lipinski definition) is 2. The Hall–Kier alpha value is -0.570. The molecule has 102 valence electrons. The summed E-state index contributed by atoms with van der Waals surface area (Å²) in [5.74, 6) is 2.27. The van der Waals surface area contributed by atoms with Gasteiger partial charge in [0.15, 0.2) is 0 Å². The summed E-state index contributed by atoms with van der Waals surface area (Å²) >= 11 is 0. The normalized spacial score (nSPS) is 35.1. The van der Waals surface area contributed by atoms with Crippen molar-refractivity contribution in [2.75, 3.05) is 19.6 Å². The van der Waals surface area contributed by atoms with Gasteiger partial charge in [-0.25, -0.2) is 0 Å². The molecule has 1 saturated heterocycles. The van der Waals surface area contributed by atoms with Crippen LogP contribution in [0.1, 0.15) is 51.4 Å². The zero-order chi connectivity index (χ0) is 12.4. The van der Waals surface area contributed by atoms with E-state index in [4.69, 9.17) is 0 Å². The molecule has 2 aliphatic carbocycles. The first kappa shape index (κ1) is 12.5. The molecule has 3 aliphatic rings. The van der Waals surface area contributed by atoms with Crippen molar-refractivity contribution in [1.29, 1.82) is 0 Å². The fourth-order valence-electron chi connectivity index (χ4n) is 4.16. The molecule has 3 heteroatoms. The smallest absolute Gasteiger partial charge is 0.223 e. The second-order valence-electron chi connectivity index (χ2n) is 6.43. The Morgan fingerprint density at radius 2 is 1.94 bits per heavy atom. The summed E-state index contributed by atoms with van der Waals surface area (Å²) < 4.78 is 0. The molecule has 3 atom stereocenters. The van der Waals surface area contributed by atoms with Crippen LogP contribution in [0, 0.1) is 11.8 Å². The van der Waals surface area contributed by atoms with Crippen molar-refractivity contribution in [2.24, 2.45) is 11.8 Å². The molecule has 0 aromatic heterocycles. The van der Waals surface area contributed by atoms with Crippen molar-refractivity contribution in [3.63, 3.8) is 0 Å². The minimum absolute atomic E-state index is 0.366. The molecule has 3 unspecified atom stereocenters. The number of likely N-dealkylation sites (tertiary alicyclic amines) is 1. The first-order valence-electron chi connectivity index (χ1n) is 7.84. The van der Waals surface area contributed by atoms with Crippen LogP contribution in [-0.2, 0) is 4.79 Å². The van der Waals surface area contributed by atoms with E-state index >= 15 is 0 Å². The highest BCUT2D eigenvalue weighted by Gasteiger charge is 2.38. The molecular weight excluding hydrogens is 224 g/mol. The molecule has 2 bridgehead atoms. The standard InChI is InChI=1S/C15H26N2O/c18-15(17-8-2-1-3-9-17)6-7-16-14-11-12-4-5-13(14)10-12/h12-14,16H,1-11H2. The van der Waals surface area contributed by atoms with Crippen LogP contribution in [0.5, 0.6) is 0 Å². The second kappa shape index (κ2) is 5.60. The van der Waals surface area contributed by atoms with Crippen molar-refractivity contribution < 1.29 is 4.79 Å². The zero-order valence-corrected chi connectivity index (χ0v) is 11.4. The van der Waals surface area contributed by atoms with Gasteiger partial charge in [-0.1, -0.05) is 6.42 Å². The molecule has 0 spiro atoms. The van der Waals surface area contributed by atoms with Gasteiger partial charge in [-0.3, -0.25) is 4.79 Å². The summed E-state index contributed by atoms with van der Waals surface area (Å²) in [4.78, 5) is 14.1. The fourth-order valence-corrected chi connectivity index (χ4v) is 4.16. The predicted molar refractivity (Wildman–Crippen MR) is 72.3 cm³/mol. The van der Waals surface area contributed by atoms with Gasteiger partial charge in [-0.05, 0) is 50.4 Å². The van der Waals surface area contributed by atoms with Gasteiger partial charge in [0.1, 0.15) is 0 Å². The molecule has 18 heavy (non-hydrogen) atoms. The molecule has 1 aliphatic heterocycles. The third-order valence-corrected chi connectivity index (χ3v) is 5.19. The van der Waals surface area contributed by atoms with Crippen LogP contribution >= 0.6 is 0 Å². The average molecular weight is 250 g/mol. The number of nitrogens with zero attached hydrogens (tertiary/aromatic N) is 1. The van der Waals surface area contributed by atoms with E-state index in [2.05, 4.69) is 10.2 Å². The van der Waals surface area contributed by atoms with Crippen LogP contribution in [0.15, 0.2) is 0 Å². The number of carbonyl (C=O) groups excluding carboxylic acids is 1. The summed E-state index contributed by atoms with van der Waals surface area (Å²) in [6.07, 6.45) is 10.1. The Morgan fingerprint density at radius 1 is 1.11 bits per heavy atom. The quantitative estimate of drug-likeness (QED) is 0.829. The Balaban J connectivity index is 1.35. The minimum Gasteiger partial charge on any atom is -0.343 e. The molecule has 0 aromatic rings. The molecule has 3 nitrogen and oxygen atoms in total. The van der Waals surface area contributed by atoms with Crippen LogP contribution < -0.4 is 5.32 Å². The summed E-state index contributed by atoms with van der Waals surface area (Å²) in [6, 6.07) is 0.720. The molecule has 1 heterocycles. The summed E-state index contributed by atoms with van der Waals surface area (Å²) in [5.41, 5.74) is 0. The van der Waals surface area contributed by atoms with Crippen LogP contribution in [0.2, 0.25) is 0 Å². The van der Waals surface area contributed by atoms with E-state index in [1.165, 1.54) is 44.9 Å². The van der Waals surface area contributed by atoms with Crippen molar-refractivity contribution in [2.45, 2.75) is 57.4 Å². The van der Waals surface area contributed by atoms with Crippen molar-refractivity contribution in [3.8, 4) is 0 Å². The summed E-state index contributed by atoms with van der Waals surface area (Å²) in [5, 5.41) is 3.64. The number of nitrogens with one attached hydrogen (secondary N) is 1. The third kappa shape index (κ3) is 2.71. The highest BCUT2D eigenvalue weighted by molar-refractivity contribution is 5.76. The lowest BCUT2D eigenvalue weighted by atomic mass is 9.95. The summed E-state index contributed by atoms with van der Waals surface area (Å²) in [7, 11) is 0. The summed E-state index contributed by atoms with van der Waals surface area (Å²) in [6.45, 7) is 2.88. The Labute approximate surface area is 110 Å². The molecule has 0 aromatic carbocycles. The zero-order valence-electron chi connectivity index (χ0n) is 11.4. The van der Waals surface area contributed by atoms with E-state index in [1.807, 2.05) is 0 Å². The van der Waals surface area contributed by atoms with E-state index < -0.39 is 0 Å². The van der Waals surface area contributed by atoms with Gasteiger partial charge in [0.05, 0.1) is 0 Å². The first-order valence-corrected chi connectivity index (χ1v) is 7.84. The number of piperidine rings is 1. The Morgan fingerprint density at radius 3 is 2.61 bits per heavy atom. The van der Waals surface area contributed by atoms with E-state index in [0.29, 0.717) is 12.3 Å². The van der Waals surface area contributed by atoms with Gasteiger partial charge in [-0.15, -0.1) is 0 Å². The highest BCUT2D eigenvalue weighted by atomic mass is 16.2. The molecule has 1 amide bonds. The number of hydrogen-bond donors (Lipinski definition) is 1. The van der Waals surface area contributed by atoms with Gasteiger partial charge in [0.25, 0.3) is 0 Å². The maximum Gasteiger partial charge on any atom is 0.223 e. The SMILES string of the molecule is O=C(CCNC1CC2CCC1C2)N1CCCCC1. The number of amides is 1. The maximum atomic E-state index is 12.0. The van der Waals surface area contributed by atoms with E-state index in [9.17, 15) is 4.79 Å².